The average molecular weight is 466 g/mol. The predicted octanol–water partition coefficient (Wildman–Crippen LogP) is 4.29. The third-order valence-electron chi connectivity index (χ3n) is 6.06. The van der Waals surface area contributed by atoms with Crippen LogP contribution in [0.4, 0.5) is 13.2 Å². The van der Waals surface area contributed by atoms with E-state index in [1.165, 1.54) is 0 Å². The highest BCUT2D eigenvalue weighted by atomic mass is 35.5. The average Bonchev–Trinajstić information content (AvgIpc) is 2.73. The molecule has 1 amide bonds. The van der Waals surface area contributed by atoms with E-state index in [0.29, 0.717) is 43.2 Å². The Bertz CT molecular complexity index is 1090. The van der Waals surface area contributed by atoms with Crippen LogP contribution in [-0.4, -0.2) is 36.0 Å². The lowest BCUT2D eigenvalue weighted by Crippen LogP contribution is -2.55. The van der Waals surface area contributed by atoms with Crippen LogP contribution in [0, 0.1) is 17.5 Å². The quantitative estimate of drug-likeness (QED) is 0.685. The zero-order valence-corrected chi connectivity index (χ0v) is 18.3. The monoisotopic (exact) mass is 465 g/mol. The number of hydrogen-bond donors (Lipinski definition) is 1. The number of amides is 1. The first-order valence-corrected chi connectivity index (χ1v) is 10.7. The van der Waals surface area contributed by atoms with Crippen molar-refractivity contribution in [3.63, 3.8) is 0 Å². The zero-order chi connectivity index (χ0) is 23.0. The first kappa shape index (κ1) is 22.6. The van der Waals surface area contributed by atoms with E-state index in [0.717, 1.165) is 6.07 Å². The molecule has 1 saturated heterocycles. The summed E-state index contributed by atoms with van der Waals surface area (Å²) in [6.45, 7) is 2.89. The molecule has 0 aromatic heterocycles. The van der Waals surface area contributed by atoms with E-state index in [9.17, 15) is 18.0 Å². The maximum Gasteiger partial charge on any atom is 0.232 e. The van der Waals surface area contributed by atoms with Crippen LogP contribution in [0.15, 0.2) is 35.3 Å². The Balaban J connectivity index is 1.66. The zero-order valence-electron chi connectivity index (χ0n) is 17.5. The summed E-state index contributed by atoms with van der Waals surface area (Å²) in [6.07, 6.45) is 1.39. The molecular formula is C23H23ClF3N3O2. The van der Waals surface area contributed by atoms with Crippen LogP contribution in [0.5, 0.6) is 0 Å². The van der Waals surface area contributed by atoms with Gasteiger partial charge in [-0.2, -0.15) is 0 Å². The third-order valence-corrected chi connectivity index (χ3v) is 6.50. The normalized spacial score (nSPS) is 22.2. The van der Waals surface area contributed by atoms with Crippen molar-refractivity contribution in [2.24, 2.45) is 10.7 Å². The van der Waals surface area contributed by atoms with Gasteiger partial charge in [0, 0.05) is 36.8 Å². The number of rotatable bonds is 4. The van der Waals surface area contributed by atoms with Gasteiger partial charge in [-0.25, -0.2) is 18.2 Å². The van der Waals surface area contributed by atoms with Gasteiger partial charge in [-0.05, 0) is 42.5 Å². The second kappa shape index (κ2) is 8.75. The Morgan fingerprint density at radius 3 is 2.53 bits per heavy atom. The van der Waals surface area contributed by atoms with Crippen LogP contribution < -0.4 is 5.73 Å². The van der Waals surface area contributed by atoms with Gasteiger partial charge in [-0.3, -0.25) is 9.69 Å². The smallest absolute Gasteiger partial charge is 0.232 e. The number of nitrogens with two attached hydrogens (primary N) is 1. The highest BCUT2D eigenvalue weighted by Crippen LogP contribution is 2.40. The lowest BCUT2D eigenvalue weighted by Gasteiger charge is -2.40. The number of carbonyl (C=O) groups excluding carboxylic acids is 1. The van der Waals surface area contributed by atoms with E-state index < -0.39 is 23.0 Å². The summed E-state index contributed by atoms with van der Waals surface area (Å²) in [5.74, 6) is -3.27. The number of ether oxygens (including phenoxy) is 1. The molecule has 1 fully saturated rings. The van der Waals surface area contributed by atoms with Gasteiger partial charge in [0.05, 0.1) is 12.0 Å². The summed E-state index contributed by atoms with van der Waals surface area (Å²) in [6, 6.07) is 6.40. The summed E-state index contributed by atoms with van der Waals surface area (Å²) >= 11 is 6.64. The molecule has 170 valence electrons. The molecule has 0 aliphatic carbocycles. The lowest BCUT2D eigenvalue weighted by atomic mass is 9.85. The Labute approximate surface area is 189 Å². The van der Waals surface area contributed by atoms with Crippen molar-refractivity contribution in [3.8, 4) is 0 Å². The molecule has 2 heterocycles. The maximum atomic E-state index is 14.2. The second-order valence-corrected chi connectivity index (χ2v) is 8.72. The van der Waals surface area contributed by atoms with Crippen molar-refractivity contribution in [2.75, 3.05) is 13.2 Å². The van der Waals surface area contributed by atoms with Crippen molar-refractivity contribution in [2.45, 2.75) is 44.2 Å². The van der Waals surface area contributed by atoms with E-state index in [2.05, 4.69) is 4.99 Å². The van der Waals surface area contributed by atoms with Gasteiger partial charge in [0.1, 0.15) is 5.82 Å². The standard InChI is InChI=1S/C23H23ClF3N3O2/c1-23(12-20(31)30(22(28)29-23)15-5-7-32-8-6-15)16-4-2-3-13(21(16)24)9-14-10-18(26)19(27)11-17(14)25/h2-4,10-11,15H,5-9,12H2,1H3,(H2,28,29)/t23-/m0/s1. The molecule has 2 aromatic rings. The molecule has 0 spiro atoms. The number of halogens is 4. The summed E-state index contributed by atoms with van der Waals surface area (Å²) in [5, 5.41) is 0.281. The minimum absolute atomic E-state index is 0.0264. The molecular weight excluding hydrogens is 443 g/mol. The molecule has 9 heteroatoms. The topological polar surface area (TPSA) is 67.9 Å². The molecule has 2 aliphatic heterocycles. The van der Waals surface area contributed by atoms with Crippen molar-refractivity contribution in [1.82, 2.24) is 4.90 Å². The van der Waals surface area contributed by atoms with Crippen LogP contribution >= 0.6 is 11.6 Å². The number of aliphatic imine (C=N–C) groups is 1. The Hall–Kier alpha value is -2.58. The van der Waals surface area contributed by atoms with E-state index >= 15 is 0 Å². The van der Waals surface area contributed by atoms with Gasteiger partial charge in [0.2, 0.25) is 5.91 Å². The van der Waals surface area contributed by atoms with Gasteiger partial charge in [-0.15, -0.1) is 0 Å². The maximum absolute atomic E-state index is 14.2. The van der Waals surface area contributed by atoms with Crippen LogP contribution in [0.1, 0.15) is 42.9 Å². The SMILES string of the molecule is C[C@@]1(c2cccc(Cc3cc(F)c(F)cc3F)c2Cl)CC(=O)N(C2CCOCC2)C(N)=N1. The number of carbonyl (C=O) groups is 1. The minimum atomic E-state index is -1.25. The fraction of sp³-hybridized carbons (Fsp3) is 0.391. The first-order valence-electron chi connectivity index (χ1n) is 10.4. The fourth-order valence-electron chi connectivity index (χ4n) is 4.38. The Morgan fingerprint density at radius 2 is 1.84 bits per heavy atom. The number of nitrogens with zero attached hydrogens (tertiary/aromatic N) is 2. The molecule has 32 heavy (non-hydrogen) atoms. The Morgan fingerprint density at radius 1 is 1.16 bits per heavy atom. The number of guanidine groups is 1. The molecule has 2 aromatic carbocycles. The van der Waals surface area contributed by atoms with E-state index in [-0.39, 0.29) is 41.3 Å². The van der Waals surface area contributed by atoms with Gasteiger partial charge in [-0.1, -0.05) is 29.8 Å². The molecule has 4 rings (SSSR count). The van der Waals surface area contributed by atoms with E-state index in [1.54, 1.807) is 30.0 Å². The van der Waals surface area contributed by atoms with Crippen molar-refractivity contribution >= 4 is 23.5 Å². The molecule has 5 nitrogen and oxygen atoms in total. The summed E-state index contributed by atoms with van der Waals surface area (Å²) < 4.78 is 46.4. The third kappa shape index (κ3) is 4.21. The van der Waals surface area contributed by atoms with Gasteiger partial charge >= 0.3 is 0 Å². The molecule has 2 aliphatic rings. The fourth-order valence-corrected chi connectivity index (χ4v) is 4.78. The summed E-state index contributed by atoms with van der Waals surface area (Å²) in [4.78, 5) is 19.2. The molecule has 2 N–H and O–H groups in total. The van der Waals surface area contributed by atoms with Gasteiger partial charge in [0.25, 0.3) is 0 Å². The molecule has 0 unspecified atom stereocenters. The van der Waals surface area contributed by atoms with Crippen molar-refractivity contribution in [1.29, 1.82) is 0 Å². The molecule has 0 radical (unpaired) electrons. The predicted molar refractivity (Wildman–Crippen MR) is 115 cm³/mol. The van der Waals surface area contributed by atoms with Crippen LogP contribution in [0.2, 0.25) is 5.02 Å². The van der Waals surface area contributed by atoms with E-state index in [1.807, 2.05) is 0 Å². The molecule has 1 atom stereocenters. The first-order chi connectivity index (χ1) is 15.2. The lowest BCUT2D eigenvalue weighted by molar-refractivity contribution is -0.132. The molecule has 0 saturated carbocycles. The highest BCUT2D eigenvalue weighted by molar-refractivity contribution is 6.32. The highest BCUT2D eigenvalue weighted by Gasteiger charge is 2.41. The van der Waals surface area contributed by atoms with E-state index in [4.69, 9.17) is 22.1 Å². The minimum Gasteiger partial charge on any atom is -0.381 e. The summed E-state index contributed by atoms with van der Waals surface area (Å²) in [7, 11) is 0. The van der Waals surface area contributed by atoms with Crippen LogP contribution in [0.3, 0.4) is 0 Å². The molecule has 0 bridgehead atoms. The largest absolute Gasteiger partial charge is 0.381 e. The second-order valence-electron chi connectivity index (χ2n) is 8.34. The van der Waals surface area contributed by atoms with Gasteiger partial charge < -0.3 is 10.5 Å². The van der Waals surface area contributed by atoms with Crippen molar-refractivity contribution in [3.05, 3.63) is 69.5 Å². The van der Waals surface area contributed by atoms with Crippen LogP contribution in [0.25, 0.3) is 0 Å². The number of hydrogen-bond acceptors (Lipinski definition) is 4. The van der Waals surface area contributed by atoms with Crippen LogP contribution in [-0.2, 0) is 21.5 Å². The van der Waals surface area contributed by atoms with Crippen molar-refractivity contribution < 1.29 is 22.7 Å². The number of benzene rings is 2. The summed E-state index contributed by atoms with van der Waals surface area (Å²) in [5.41, 5.74) is 6.24. The Kier molecular flexibility index (Phi) is 6.18. The van der Waals surface area contributed by atoms with Gasteiger partial charge in [0.15, 0.2) is 17.6 Å².